The van der Waals surface area contributed by atoms with Crippen LogP contribution in [0.5, 0.6) is 0 Å². The second-order valence-electron chi connectivity index (χ2n) is 4.02. The van der Waals surface area contributed by atoms with E-state index in [1.807, 2.05) is 6.26 Å². The number of halogens is 1. The molecule has 0 fully saturated rings. The maximum atomic E-state index is 13.1. The van der Waals surface area contributed by atoms with E-state index < -0.39 is 15.8 Å². The van der Waals surface area contributed by atoms with E-state index in [2.05, 4.69) is 4.72 Å². The molecule has 3 N–H and O–H groups in total. The minimum Gasteiger partial charge on any atom is -0.399 e. The van der Waals surface area contributed by atoms with Gasteiger partial charge >= 0.3 is 0 Å². The summed E-state index contributed by atoms with van der Waals surface area (Å²) < 4.78 is 39.6. The summed E-state index contributed by atoms with van der Waals surface area (Å²) in [5.41, 5.74) is 5.52. The van der Waals surface area contributed by atoms with Gasteiger partial charge in [-0.1, -0.05) is 0 Å². The van der Waals surface area contributed by atoms with Crippen molar-refractivity contribution in [1.82, 2.24) is 4.72 Å². The lowest BCUT2D eigenvalue weighted by molar-refractivity contribution is 0.555. The summed E-state index contributed by atoms with van der Waals surface area (Å²) in [7, 11) is -3.71. The maximum Gasteiger partial charge on any atom is 0.240 e. The van der Waals surface area contributed by atoms with Gasteiger partial charge in [0.25, 0.3) is 0 Å². The summed E-state index contributed by atoms with van der Waals surface area (Å²) in [5, 5.41) is 0. The third kappa shape index (κ3) is 4.47. The van der Waals surface area contributed by atoms with Crippen molar-refractivity contribution in [2.24, 2.45) is 0 Å². The molecule has 0 bridgehead atoms. The molecule has 0 amide bonds. The van der Waals surface area contributed by atoms with Gasteiger partial charge in [0, 0.05) is 11.7 Å². The average molecular weight is 292 g/mol. The highest BCUT2D eigenvalue weighted by molar-refractivity contribution is 7.98. The Labute approximate surface area is 111 Å². The Morgan fingerprint density at radius 2 is 2.11 bits per heavy atom. The molecule has 0 aromatic heterocycles. The number of sulfonamides is 1. The molecule has 0 aliphatic carbocycles. The van der Waals surface area contributed by atoms with Crippen LogP contribution >= 0.6 is 11.8 Å². The lowest BCUT2D eigenvalue weighted by Crippen LogP contribution is -2.33. The highest BCUT2D eigenvalue weighted by Crippen LogP contribution is 2.16. The van der Waals surface area contributed by atoms with E-state index in [9.17, 15) is 12.8 Å². The van der Waals surface area contributed by atoms with Crippen LogP contribution in [0.2, 0.25) is 0 Å². The maximum absolute atomic E-state index is 13.1. The third-order valence-corrected chi connectivity index (χ3v) is 4.53. The molecule has 1 aromatic rings. The SMILES string of the molecule is CSCCC(C)NS(=O)(=O)c1cc(N)cc(F)c1. The Morgan fingerprint density at radius 1 is 1.44 bits per heavy atom. The first-order chi connectivity index (χ1) is 8.35. The van der Waals surface area contributed by atoms with Gasteiger partial charge in [-0.25, -0.2) is 17.5 Å². The minimum absolute atomic E-state index is 0.0899. The molecular formula is C11H17FN2O2S2. The number of hydrogen-bond donors (Lipinski definition) is 2. The van der Waals surface area contributed by atoms with Crippen LogP contribution in [-0.4, -0.2) is 26.5 Å². The van der Waals surface area contributed by atoms with E-state index >= 15 is 0 Å². The van der Waals surface area contributed by atoms with Crippen molar-refractivity contribution in [2.45, 2.75) is 24.3 Å². The van der Waals surface area contributed by atoms with Crippen molar-refractivity contribution < 1.29 is 12.8 Å². The fourth-order valence-corrected chi connectivity index (χ4v) is 3.36. The highest BCUT2D eigenvalue weighted by Gasteiger charge is 2.18. The quantitative estimate of drug-likeness (QED) is 0.785. The monoisotopic (exact) mass is 292 g/mol. The van der Waals surface area contributed by atoms with Gasteiger partial charge in [-0.15, -0.1) is 0 Å². The number of hydrogen-bond acceptors (Lipinski definition) is 4. The van der Waals surface area contributed by atoms with Crippen LogP contribution in [0.3, 0.4) is 0 Å². The normalized spacial score (nSPS) is 13.5. The van der Waals surface area contributed by atoms with Crippen LogP contribution in [0.4, 0.5) is 10.1 Å². The van der Waals surface area contributed by atoms with Gasteiger partial charge in [-0.05, 0) is 43.6 Å². The van der Waals surface area contributed by atoms with Gasteiger partial charge < -0.3 is 5.73 Å². The highest BCUT2D eigenvalue weighted by atomic mass is 32.2. The molecule has 18 heavy (non-hydrogen) atoms. The van der Waals surface area contributed by atoms with Crippen molar-refractivity contribution in [2.75, 3.05) is 17.7 Å². The Kier molecular flexibility index (Phi) is 5.43. The number of nitrogens with one attached hydrogen (secondary N) is 1. The van der Waals surface area contributed by atoms with E-state index in [0.717, 1.165) is 17.9 Å². The van der Waals surface area contributed by atoms with Gasteiger partial charge in [0.2, 0.25) is 10.0 Å². The molecular weight excluding hydrogens is 275 g/mol. The summed E-state index contributed by atoms with van der Waals surface area (Å²) in [4.78, 5) is -0.143. The van der Waals surface area contributed by atoms with E-state index in [1.165, 1.54) is 6.07 Å². The average Bonchev–Trinajstić information content (AvgIpc) is 2.24. The smallest absolute Gasteiger partial charge is 0.240 e. The van der Waals surface area contributed by atoms with Gasteiger partial charge in [0.05, 0.1) is 4.90 Å². The molecule has 1 unspecified atom stereocenters. The molecule has 4 nitrogen and oxygen atoms in total. The number of nitrogens with two attached hydrogens (primary N) is 1. The zero-order chi connectivity index (χ0) is 13.8. The summed E-state index contributed by atoms with van der Waals surface area (Å²) in [5.74, 6) is 0.196. The number of benzene rings is 1. The largest absolute Gasteiger partial charge is 0.399 e. The Hall–Kier alpha value is -0.790. The molecule has 0 radical (unpaired) electrons. The summed E-state index contributed by atoms with van der Waals surface area (Å²) in [6.07, 6.45) is 2.67. The fourth-order valence-electron chi connectivity index (χ4n) is 1.43. The molecule has 1 aromatic carbocycles. The lowest BCUT2D eigenvalue weighted by Gasteiger charge is -2.14. The molecule has 7 heteroatoms. The van der Waals surface area contributed by atoms with Crippen molar-refractivity contribution in [3.8, 4) is 0 Å². The second kappa shape index (κ2) is 6.40. The standard InChI is InChI=1S/C11H17FN2O2S2/c1-8(3-4-17-2)14-18(15,16)11-6-9(12)5-10(13)7-11/h5-8,14H,3-4,13H2,1-2H3. The van der Waals surface area contributed by atoms with Gasteiger partial charge in [0.1, 0.15) is 5.82 Å². The zero-order valence-corrected chi connectivity index (χ0v) is 11.9. The van der Waals surface area contributed by atoms with E-state index in [4.69, 9.17) is 5.73 Å². The first kappa shape index (κ1) is 15.3. The van der Waals surface area contributed by atoms with Crippen molar-refractivity contribution in [3.63, 3.8) is 0 Å². The molecule has 0 heterocycles. The number of thioether (sulfide) groups is 1. The Balaban J connectivity index is 2.86. The zero-order valence-electron chi connectivity index (χ0n) is 10.3. The second-order valence-corrected chi connectivity index (χ2v) is 6.72. The summed E-state index contributed by atoms with van der Waals surface area (Å²) in [6, 6.07) is 3.08. The molecule has 0 saturated heterocycles. The fraction of sp³-hybridized carbons (Fsp3) is 0.455. The first-order valence-electron chi connectivity index (χ1n) is 5.42. The van der Waals surface area contributed by atoms with E-state index in [1.54, 1.807) is 18.7 Å². The van der Waals surface area contributed by atoms with Crippen molar-refractivity contribution in [3.05, 3.63) is 24.0 Å². The molecule has 1 rings (SSSR count). The van der Waals surface area contributed by atoms with Crippen LogP contribution < -0.4 is 10.5 Å². The third-order valence-electron chi connectivity index (χ3n) is 2.32. The van der Waals surface area contributed by atoms with E-state index in [-0.39, 0.29) is 16.6 Å². The van der Waals surface area contributed by atoms with Crippen LogP contribution in [0.1, 0.15) is 13.3 Å². The predicted molar refractivity (Wildman–Crippen MR) is 73.6 cm³/mol. The minimum atomic E-state index is -3.71. The molecule has 0 saturated carbocycles. The summed E-state index contributed by atoms with van der Waals surface area (Å²) in [6.45, 7) is 1.77. The van der Waals surface area contributed by atoms with Gasteiger partial charge in [0.15, 0.2) is 0 Å². The van der Waals surface area contributed by atoms with Crippen LogP contribution in [0.15, 0.2) is 23.1 Å². The number of anilines is 1. The lowest BCUT2D eigenvalue weighted by atomic mass is 10.3. The molecule has 0 aliphatic heterocycles. The van der Waals surface area contributed by atoms with E-state index in [0.29, 0.717) is 6.42 Å². The van der Waals surface area contributed by atoms with Crippen molar-refractivity contribution in [1.29, 1.82) is 0 Å². The van der Waals surface area contributed by atoms with Gasteiger partial charge in [-0.2, -0.15) is 11.8 Å². The Bertz CT molecular complexity index is 486. The molecule has 0 spiro atoms. The first-order valence-corrected chi connectivity index (χ1v) is 8.30. The van der Waals surface area contributed by atoms with Crippen LogP contribution in [0.25, 0.3) is 0 Å². The predicted octanol–water partition coefficient (Wildman–Crippen LogP) is 1.83. The van der Waals surface area contributed by atoms with Crippen molar-refractivity contribution >= 4 is 27.5 Å². The number of nitrogen functional groups attached to an aromatic ring is 1. The summed E-state index contributed by atoms with van der Waals surface area (Å²) >= 11 is 1.64. The topological polar surface area (TPSA) is 72.2 Å². The Morgan fingerprint density at radius 3 is 2.67 bits per heavy atom. The van der Waals surface area contributed by atoms with Crippen LogP contribution in [-0.2, 0) is 10.0 Å². The van der Waals surface area contributed by atoms with Crippen LogP contribution in [0, 0.1) is 5.82 Å². The van der Waals surface area contributed by atoms with Gasteiger partial charge in [-0.3, -0.25) is 0 Å². The molecule has 0 aliphatic rings. The molecule has 1 atom stereocenters. The number of rotatable bonds is 6. The molecule has 102 valence electrons.